The van der Waals surface area contributed by atoms with Crippen LogP contribution in [-0.2, 0) is 10.0 Å². The SMILES string of the molecule is CC(c1nc(N)nc(Nc2ccccc2)n1)N1CCN(S(=O)(=O)c2c(F)cccc2F)CC1. The van der Waals surface area contributed by atoms with E-state index in [4.69, 9.17) is 5.73 Å². The van der Waals surface area contributed by atoms with Gasteiger partial charge >= 0.3 is 0 Å². The predicted molar refractivity (Wildman–Crippen MR) is 119 cm³/mol. The summed E-state index contributed by atoms with van der Waals surface area (Å²) in [5.41, 5.74) is 6.67. The van der Waals surface area contributed by atoms with Gasteiger partial charge in [0.1, 0.15) is 11.6 Å². The van der Waals surface area contributed by atoms with E-state index in [-0.39, 0.29) is 25.1 Å². The third kappa shape index (κ3) is 4.92. The molecule has 1 unspecified atom stereocenters. The number of piperazine rings is 1. The van der Waals surface area contributed by atoms with Gasteiger partial charge in [-0.1, -0.05) is 24.3 Å². The topological polar surface area (TPSA) is 117 Å². The summed E-state index contributed by atoms with van der Waals surface area (Å²) >= 11 is 0. The summed E-state index contributed by atoms with van der Waals surface area (Å²) in [6, 6.07) is 12.1. The van der Waals surface area contributed by atoms with Gasteiger partial charge in [-0.2, -0.15) is 19.3 Å². The van der Waals surface area contributed by atoms with Gasteiger partial charge in [-0.15, -0.1) is 0 Å². The van der Waals surface area contributed by atoms with Crippen LogP contribution in [0.15, 0.2) is 53.4 Å². The summed E-state index contributed by atoms with van der Waals surface area (Å²) in [6.07, 6.45) is 0. The van der Waals surface area contributed by atoms with Gasteiger partial charge < -0.3 is 11.1 Å². The lowest BCUT2D eigenvalue weighted by atomic mass is 10.2. The first-order valence-corrected chi connectivity index (χ1v) is 11.7. The molecule has 2 aromatic carbocycles. The molecule has 3 aromatic rings. The summed E-state index contributed by atoms with van der Waals surface area (Å²) in [7, 11) is -4.30. The molecule has 0 aliphatic carbocycles. The molecule has 1 aromatic heterocycles. The Bertz CT molecular complexity index is 1220. The van der Waals surface area contributed by atoms with Crippen molar-refractivity contribution in [3.63, 3.8) is 0 Å². The van der Waals surface area contributed by atoms with Crippen molar-refractivity contribution < 1.29 is 17.2 Å². The summed E-state index contributed by atoms with van der Waals surface area (Å²) in [5, 5.41) is 3.08. The molecule has 33 heavy (non-hydrogen) atoms. The Morgan fingerprint density at radius 3 is 2.21 bits per heavy atom. The molecule has 2 heterocycles. The fourth-order valence-corrected chi connectivity index (χ4v) is 5.19. The van der Waals surface area contributed by atoms with Gasteiger partial charge in [0.2, 0.25) is 21.9 Å². The maximum atomic E-state index is 14.1. The van der Waals surface area contributed by atoms with E-state index in [0.717, 1.165) is 28.2 Å². The van der Waals surface area contributed by atoms with Crippen molar-refractivity contribution in [2.45, 2.75) is 17.9 Å². The number of nitrogens with zero attached hydrogens (tertiary/aromatic N) is 5. The lowest BCUT2D eigenvalue weighted by Gasteiger charge is -2.36. The van der Waals surface area contributed by atoms with E-state index in [1.807, 2.05) is 42.2 Å². The average molecular weight is 476 g/mol. The molecule has 0 amide bonds. The molecule has 3 N–H and O–H groups in total. The largest absolute Gasteiger partial charge is 0.368 e. The lowest BCUT2D eigenvalue weighted by molar-refractivity contribution is 0.141. The fourth-order valence-electron chi connectivity index (χ4n) is 3.66. The van der Waals surface area contributed by atoms with Crippen LogP contribution in [0.4, 0.5) is 26.4 Å². The number of hydrogen-bond acceptors (Lipinski definition) is 8. The highest BCUT2D eigenvalue weighted by molar-refractivity contribution is 7.89. The molecule has 4 rings (SSSR count). The number of nitrogens with two attached hydrogens (primary N) is 1. The second kappa shape index (κ2) is 9.33. The van der Waals surface area contributed by atoms with E-state index < -0.39 is 26.6 Å². The van der Waals surface area contributed by atoms with Crippen LogP contribution in [0.25, 0.3) is 0 Å². The number of benzene rings is 2. The van der Waals surface area contributed by atoms with E-state index in [1.54, 1.807) is 0 Å². The standard InChI is InChI=1S/C21H23F2N7O2S/c1-14(19-26-20(24)28-21(27-19)25-15-6-3-2-4-7-15)29-10-12-30(13-11-29)33(31,32)18-16(22)8-5-9-17(18)23/h2-9,14H,10-13H2,1H3,(H3,24,25,26,27,28). The number of nitrogens with one attached hydrogen (secondary N) is 1. The molecule has 0 spiro atoms. The Labute approximate surface area is 190 Å². The van der Waals surface area contributed by atoms with Gasteiger partial charge in [-0.25, -0.2) is 17.2 Å². The van der Waals surface area contributed by atoms with Gasteiger partial charge in [0.25, 0.3) is 0 Å². The quantitative estimate of drug-likeness (QED) is 0.559. The first kappa shape index (κ1) is 23.0. The van der Waals surface area contributed by atoms with Gasteiger partial charge in [0.05, 0.1) is 6.04 Å². The molecule has 1 aliphatic rings. The van der Waals surface area contributed by atoms with Crippen LogP contribution in [0, 0.1) is 11.6 Å². The minimum atomic E-state index is -4.30. The number of hydrogen-bond donors (Lipinski definition) is 2. The second-order valence-electron chi connectivity index (χ2n) is 7.53. The molecule has 0 radical (unpaired) electrons. The zero-order valence-corrected chi connectivity index (χ0v) is 18.6. The lowest BCUT2D eigenvalue weighted by Crippen LogP contribution is -2.49. The Morgan fingerprint density at radius 1 is 0.939 bits per heavy atom. The highest BCUT2D eigenvalue weighted by Gasteiger charge is 2.34. The first-order valence-electron chi connectivity index (χ1n) is 10.3. The maximum absolute atomic E-state index is 14.1. The zero-order chi connectivity index (χ0) is 23.6. The molecule has 0 bridgehead atoms. The Hall–Kier alpha value is -3.22. The van der Waals surface area contributed by atoms with Crippen molar-refractivity contribution in [1.82, 2.24) is 24.2 Å². The minimum Gasteiger partial charge on any atom is -0.368 e. The fraction of sp³-hybridized carbons (Fsp3) is 0.286. The molecule has 174 valence electrons. The summed E-state index contributed by atoms with van der Waals surface area (Å²) in [5.74, 6) is -1.43. The molecule has 1 saturated heterocycles. The Kier molecular flexibility index (Phi) is 6.49. The summed E-state index contributed by atoms with van der Waals surface area (Å²) in [6.45, 7) is 2.65. The van der Waals surface area contributed by atoms with Crippen LogP contribution in [0.5, 0.6) is 0 Å². The number of nitrogen functional groups attached to an aromatic ring is 1. The number of sulfonamides is 1. The Balaban J connectivity index is 1.47. The normalized spacial score (nSPS) is 16.5. The summed E-state index contributed by atoms with van der Waals surface area (Å²) in [4.78, 5) is 13.9. The molecule has 1 fully saturated rings. The van der Waals surface area contributed by atoms with Gasteiger partial charge in [-0.05, 0) is 31.2 Å². The first-order chi connectivity index (χ1) is 15.8. The van der Waals surface area contributed by atoms with E-state index in [2.05, 4.69) is 20.3 Å². The Morgan fingerprint density at radius 2 is 1.58 bits per heavy atom. The van der Waals surface area contributed by atoms with Crippen LogP contribution in [-0.4, -0.2) is 58.8 Å². The number of aromatic nitrogens is 3. The van der Waals surface area contributed by atoms with Crippen LogP contribution in [0.3, 0.4) is 0 Å². The highest BCUT2D eigenvalue weighted by atomic mass is 32.2. The van der Waals surface area contributed by atoms with E-state index in [9.17, 15) is 17.2 Å². The molecule has 9 nitrogen and oxygen atoms in total. The van der Waals surface area contributed by atoms with E-state index in [1.165, 1.54) is 0 Å². The van der Waals surface area contributed by atoms with Gasteiger partial charge in [0.15, 0.2) is 10.7 Å². The highest BCUT2D eigenvalue weighted by Crippen LogP contribution is 2.26. The third-order valence-electron chi connectivity index (χ3n) is 5.41. The van der Waals surface area contributed by atoms with Crippen molar-refractivity contribution in [2.24, 2.45) is 0 Å². The summed E-state index contributed by atoms with van der Waals surface area (Å²) < 4.78 is 54.8. The zero-order valence-electron chi connectivity index (χ0n) is 17.8. The van der Waals surface area contributed by atoms with Crippen molar-refractivity contribution in [3.8, 4) is 0 Å². The average Bonchev–Trinajstić information content (AvgIpc) is 2.79. The number of para-hydroxylation sites is 1. The van der Waals surface area contributed by atoms with Crippen LogP contribution in [0.2, 0.25) is 0 Å². The van der Waals surface area contributed by atoms with E-state index in [0.29, 0.717) is 24.9 Å². The third-order valence-corrected chi connectivity index (χ3v) is 7.36. The van der Waals surface area contributed by atoms with Gasteiger partial charge in [0, 0.05) is 31.9 Å². The van der Waals surface area contributed by atoms with Crippen molar-refractivity contribution in [3.05, 3.63) is 66.0 Å². The van der Waals surface area contributed by atoms with E-state index >= 15 is 0 Å². The second-order valence-corrected chi connectivity index (χ2v) is 9.41. The molecule has 12 heteroatoms. The van der Waals surface area contributed by atoms with Gasteiger partial charge in [-0.3, -0.25) is 4.90 Å². The van der Waals surface area contributed by atoms with Crippen LogP contribution < -0.4 is 11.1 Å². The van der Waals surface area contributed by atoms with Crippen molar-refractivity contribution in [1.29, 1.82) is 0 Å². The monoisotopic (exact) mass is 475 g/mol. The van der Waals surface area contributed by atoms with Crippen LogP contribution >= 0.6 is 0 Å². The smallest absolute Gasteiger partial charge is 0.249 e. The maximum Gasteiger partial charge on any atom is 0.249 e. The molecule has 0 saturated carbocycles. The molecule has 1 atom stereocenters. The number of anilines is 3. The number of halogens is 2. The van der Waals surface area contributed by atoms with Crippen molar-refractivity contribution >= 4 is 27.6 Å². The molecular formula is C21H23F2N7O2S. The minimum absolute atomic E-state index is 0.0570. The molecular weight excluding hydrogens is 452 g/mol. The number of rotatable bonds is 6. The van der Waals surface area contributed by atoms with Crippen molar-refractivity contribution in [2.75, 3.05) is 37.2 Å². The van der Waals surface area contributed by atoms with Crippen LogP contribution in [0.1, 0.15) is 18.8 Å². The predicted octanol–water partition coefficient (Wildman–Crippen LogP) is 2.54. The molecule has 1 aliphatic heterocycles.